The number of alkyl halides is 2. The number of hydrogen-bond donors (Lipinski definition) is 0. The average molecular weight is 298 g/mol. The lowest BCUT2D eigenvalue weighted by Gasteiger charge is -2.08. The van der Waals surface area contributed by atoms with Crippen molar-refractivity contribution in [2.24, 2.45) is 0 Å². The van der Waals surface area contributed by atoms with Gasteiger partial charge in [0.25, 0.3) is 6.43 Å². The van der Waals surface area contributed by atoms with Crippen molar-refractivity contribution < 1.29 is 22.7 Å². The van der Waals surface area contributed by atoms with Crippen LogP contribution in [0.15, 0.2) is 10.7 Å². The molecular weight excluding hydrogens is 291 g/mol. The number of halogens is 4. The summed E-state index contributed by atoms with van der Waals surface area (Å²) in [5.41, 5.74) is -1.15. The van der Waals surface area contributed by atoms with Crippen molar-refractivity contribution in [1.29, 1.82) is 0 Å². The van der Waals surface area contributed by atoms with Gasteiger partial charge in [0.15, 0.2) is 5.82 Å². The van der Waals surface area contributed by atoms with E-state index < -0.39 is 30.3 Å². The molecule has 0 aliphatic carbocycles. The maximum absolute atomic E-state index is 13.5. The lowest BCUT2D eigenvalue weighted by atomic mass is 10.1. The molecule has 0 aliphatic heterocycles. The van der Waals surface area contributed by atoms with E-state index in [4.69, 9.17) is 0 Å². The molecule has 3 nitrogen and oxygen atoms in total. The Balaban J connectivity index is 3.16. The second-order valence-electron chi connectivity index (χ2n) is 2.84. The van der Waals surface area contributed by atoms with Crippen LogP contribution in [0, 0.1) is 5.82 Å². The number of ether oxygens (including phenoxy) is 1. The molecule has 7 heteroatoms. The van der Waals surface area contributed by atoms with Gasteiger partial charge in [-0.1, -0.05) is 0 Å². The van der Waals surface area contributed by atoms with Gasteiger partial charge in [-0.25, -0.2) is 13.2 Å². The molecule has 1 aromatic rings. The van der Waals surface area contributed by atoms with Gasteiger partial charge in [-0.2, -0.15) is 0 Å². The third kappa shape index (κ3) is 2.72. The van der Waals surface area contributed by atoms with Gasteiger partial charge in [-0.05, 0) is 15.9 Å². The van der Waals surface area contributed by atoms with Crippen molar-refractivity contribution in [1.82, 2.24) is 4.98 Å². The summed E-state index contributed by atoms with van der Waals surface area (Å²) in [5, 5.41) is 0. The number of rotatable bonds is 3. The fourth-order valence-corrected chi connectivity index (χ4v) is 1.47. The van der Waals surface area contributed by atoms with Crippen LogP contribution in [0.5, 0.6) is 0 Å². The maximum Gasteiger partial charge on any atom is 0.310 e. The first-order valence-electron chi connectivity index (χ1n) is 4.15. The summed E-state index contributed by atoms with van der Waals surface area (Å²) in [7, 11) is 1.13. The molecule has 0 N–H and O–H groups in total. The fraction of sp³-hybridized carbons (Fsp3) is 0.333. The first kappa shape index (κ1) is 13.0. The third-order valence-electron chi connectivity index (χ3n) is 1.85. The lowest BCUT2D eigenvalue weighted by molar-refractivity contribution is -0.139. The van der Waals surface area contributed by atoms with Crippen molar-refractivity contribution >= 4 is 21.9 Å². The molecule has 1 rings (SSSR count). The molecule has 88 valence electrons. The summed E-state index contributed by atoms with van der Waals surface area (Å²) in [4.78, 5) is 14.2. The summed E-state index contributed by atoms with van der Waals surface area (Å²) >= 11 is 2.93. The molecule has 16 heavy (non-hydrogen) atoms. The van der Waals surface area contributed by atoms with Crippen LogP contribution in [0.1, 0.15) is 17.7 Å². The average Bonchev–Trinajstić information content (AvgIpc) is 2.23. The Labute approximate surface area is 97.8 Å². The Bertz CT molecular complexity index is 412. The first-order valence-corrected chi connectivity index (χ1v) is 4.94. The normalized spacial score (nSPS) is 10.6. The minimum absolute atomic E-state index is 0.153. The molecule has 0 spiro atoms. The van der Waals surface area contributed by atoms with Crippen molar-refractivity contribution in [2.75, 3.05) is 7.11 Å². The quantitative estimate of drug-likeness (QED) is 0.805. The summed E-state index contributed by atoms with van der Waals surface area (Å²) in [6.07, 6.45) is -2.42. The number of esters is 1. The predicted octanol–water partition coefficient (Wildman–Crippen LogP) is 2.64. The van der Waals surface area contributed by atoms with Gasteiger partial charge in [0.2, 0.25) is 0 Å². The van der Waals surface area contributed by atoms with Crippen LogP contribution >= 0.6 is 15.9 Å². The van der Waals surface area contributed by atoms with E-state index in [1.165, 1.54) is 0 Å². The van der Waals surface area contributed by atoms with Crippen molar-refractivity contribution in [3.05, 3.63) is 27.7 Å². The Kier molecular flexibility index (Phi) is 4.28. The fourth-order valence-electron chi connectivity index (χ4n) is 1.05. The molecule has 0 aromatic carbocycles. The number of carbonyl (C=O) groups is 1. The summed E-state index contributed by atoms with van der Waals surface area (Å²) < 4.78 is 42.6. The Hall–Kier alpha value is -1.11. The van der Waals surface area contributed by atoms with Gasteiger partial charge in [0.05, 0.1) is 13.5 Å². The van der Waals surface area contributed by atoms with Crippen LogP contribution in [-0.4, -0.2) is 18.1 Å². The number of pyridine rings is 1. The van der Waals surface area contributed by atoms with Crippen molar-refractivity contribution in [3.63, 3.8) is 0 Å². The predicted molar refractivity (Wildman–Crippen MR) is 52.6 cm³/mol. The highest BCUT2D eigenvalue weighted by Gasteiger charge is 2.22. The highest BCUT2D eigenvalue weighted by atomic mass is 79.9. The van der Waals surface area contributed by atoms with E-state index in [1.54, 1.807) is 0 Å². The van der Waals surface area contributed by atoms with Gasteiger partial charge < -0.3 is 4.74 Å². The SMILES string of the molecule is COC(=O)Cc1c(Br)cnc(C(F)F)c1F. The highest BCUT2D eigenvalue weighted by Crippen LogP contribution is 2.27. The van der Waals surface area contributed by atoms with Gasteiger partial charge in [-0.15, -0.1) is 0 Å². The molecule has 0 saturated heterocycles. The molecule has 0 unspecified atom stereocenters. The van der Waals surface area contributed by atoms with Crippen LogP contribution in [0.4, 0.5) is 13.2 Å². The Morgan fingerprint density at radius 3 is 2.75 bits per heavy atom. The minimum atomic E-state index is -3.02. The van der Waals surface area contributed by atoms with E-state index >= 15 is 0 Å². The van der Waals surface area contributed by atoms with Crippen molar-refractivity contribution in [2.45, 2.75) is 12.8 Å². The monoisotopic (exact) mass is 297 g/mol. The van der Waals surface area contributed by atoms with Crippen LogP contribution in [0.3, 0.4) is 0 Å². The molecular formula is C9H7BrF3NO2. The van der Waals surface area contributed by atoms with E-state index in [0.717, 1.165) is 13.3 Å². The van der Waals surface area contributed by atoms with Crippen LogP contribution < -0.4 is 0 Å². The number of carbonyl (C=O) groups excluding carboxylic acids is 1. The molecule has 1 aromatic heterocycles. The van der Waals surface area contributed by atoms with Crippen LogP contribution in [-0.2, 0) is 16.0 Å². The largest absolute Gasteiger partial charge is 0.469 e. The molecule has 0 amide bonds. The van der Waals surface area contributed by atoms with Gasteiger partial charge in [0, 0.05) is 16.2 Å². The molecule has 1 heterocycles. The van der Waals surface area contributed by atoms with Gasteiger partial charge in [-0.3, -0.25) is 9.78 Å². The summed E-state index contributed by atoms with van der Waals surface area (Å²) in [6.45, 7) is 0. The van der Waals surface area contributed by atoms with E-state index in [2.05, 4.69) is 25.7 Å². The zero-order valence-corrected chi connectivity index (χ0v) is 9.72. The molecule has 0 saturated carbocycles. The second kappa shape index (κ2) is 5.29. The van der Waals surface area contributed by atoms with Gasteiger partial charge in [0.1, 0.15) is 5.69 Å². The molecule has 0 fully saturated rings. The second-order valence-corrected chi connectivity index (χ2v) is 3.69. The lowest BCUT2D eigenvalue weighted by Crippen LogP contribution is -2.09. The van der Waals surface area contributed by atoms with Crippen LogP contribution in [0.2, 0.25) is 0 Å². The highest BCUT2D eigenvalue weighted by molar-refractivity contribution is 9.10. The maximum atomic E-state index is 13.5. The number of hydrogen-bond acceptors (Lipinski definition) is 3. The minimum Gasteiger partial charge on any atom is -0.469 e. The van der Waals surface area contributed by atoms with E-state index in [0.29, 0.717) is 0 Å². The number of aromatic nitrogens is 1. The van der Waals surface area contributed by atoms with E-state index in [1.807, 2.05) is 0 Å². The standard InChI is InChI=1S/C9H7BrF3NO2/c1-16-6(15)2-4-5(10)3-14-8(7(4)11)9(12)13/h3,9H,2H2,1H3. The summed E-state index contributed by atoms with van der Waals surface area (Å²) in [5.74, 6) is -1.90. The Morgan fingerprint density at radius 1 is 1.62 bits per heavy atom. The Morgan fingerprint density at radius 2 is 2.25 bits per heavy atom. The zero-order chi connectivity index (χ0) is 12.3. The number of nitrogens with zero attached hydrogens (tertiary/aromatic N) is 1. The topological polar surface area (TPSA) is 39.2 Å². The number of methoxy groups -OCH3 is 1. The molecule has 0 aliphatic rings. The third-order valence-corrected chi connectivity index (χ3v) is 2.53. The molecule has 0 radical (unpaired) electrons. The first-order chi connectivity index (χ1) is 7.47. The van der Waals surface area contributed by atoms with E-state index in [-0.39, 0.29) is 10.0 Å². The van der Waals surface area contributed by atoms with Crippen LogP contribution in [0.25, 0.3) is 0 Å². The van der Waals surface area contributed by atoms with E-state index in [9.17, 15) is 18.0 Å². The molecule has 0 atom stereocenters. The van der Waals surface area contributed by atoms with Gasteiger partial charge >= 0.3 is 5.97 Å². The summed E-state index contributed by atoms with van der Waals surface area (Å²) in [6, 6.07) is 0. The smallest absolute Gasteiger partial charge is 0.310 e. The molecule has 0 bridgehead atoms. The van der Waals surface area contributed by atoms with Crippen molar-refractivity contribution in [3.8, 4) is 0 Å². The zero-order valence-electron chi connectivity index (χ0n) is 8.14.